The van der Waals surface area contributed by atoms with Crippen LogP contribution in [0.25, 0.3) is 5.57 Å². The predicted octanol–water partition coefficient (Wildman–Crippen LogP) is 3.90. The van der Waals surface area contributed by atoms with E-state index in [4.69, 9.17) is 22.6 Å². The van der Waals surface area contributed by atoms with Crippen LogP contribution >= 0.6 is 0 Å². The summed E-state index contributed by atoms with van der Waals surface area (Å²) in [6.07, 6.45) is 12.1. The first-order valence-corrected chi connectivity index (χ1v) is 10.5. The molecule has 0 aromatic heterocycles. The molecule has 1 saturated heterocycles. The molecule has 3 N–H and O–H groups in total. The zero-order valence-electron chi connectivity index (χ0n) is 17.7. The number of nitrogens with zero attached hydrogens (tertiary/aromatic N) is 2. The largest absolute Gasteiger partial charge is 0.384 e. The number of carbonyl (C=O) groups excluding carboxylic acids is 1. The Morgan fingerprint density at radius 3 is 2.55 bits per heavy atom. The van der Waals surface area contributed by atoms with Gasteiger partial charge in [-0.2, -0.15) is 0 Å². The Kier molecular flexibility index (Phi) is 5.48. The van der Waals surface area contributed by atoms with Crippen LogP contribution in [-0.4, -0.2) is 35.9 Å². The molecule has 0 aliphatic carbocycles. The van der Waals surface area contributed by atoms with E-state index in [1.54, 1.807) is 6.21 Å². The van der Waals surface area contributed by atoms with E-state index in [-0.39, 0.29) is 11.7 Å². The molecule has 156 valence electrons. The molecule has 2 aromatic rings. The Bertz CT molecular complexity index is 1130. The number of aliphatic imine (C=N–C) groups is 1. The van der Waals surface area contributed by atoms with Gasteiger partial charge in [0.1, 0.15) is 11.4 Å². The van der Waals surface area contributed by atoms with Gasteiger partial charge in [-0.05, 0) is 54.2 Å². The summed E-state index contributed by atoms with van der Waals surface area (Å²) in [5.74, 6) is 2.91. The van der Waals surface area contributed by atoms with E-state index >= 15 is 0 Å². The minimum Gasteiger partial charge on any atom is -0.384 e. The number of nitrogens with one attached hydrogen (secondary N) is 1. The Labute approximate surface area is 183 Å². The number of nitrogen functional groups attached to an aromatic ring is 1. The molecule has 2 aromatic carbocycles. The third-order valence-electron chi connectivity index (χ3n) is 6.17. The van der Waals surface area contributed by atoms with Gasteiger partial charge in [0.15, 0.2) is 0 Å². The van der Waals surface area contributed by atoms with Gasteiger partial charge in [-0.1, -0.05) is 36.4 Å². The number of hydrogen-bond acceptors (Lipinski definition) is 3. The minimum absolute atomic E-state index is 0.0251. The summed E-state index contributed by atoms with van der Waals surface area (Å²) in [6.45, 7) is 3.65. The molecular formula is C26H26N4O. The van der Waals surface area contributed by atoms with Crippen LogP contribution in [0.2, 0.25) is 0 Å². The van der Waals surface area contributed by atoms with Gasteiger partial charge in [0, 0.05) is 36.9 Å². The van der Waals surface area contributed by atoms with Crippen molar-refractivity contribution in [3.63, 3.8) is 0 Å². The lowest BCUT2D eigenvalue weighted by Gasteiger charge is -2.29. The number of hydrogen-bond donors (Lipinski definition) is 2. The molecule has 2 aliphatic heterocycles. The van der Waals surface area contributed by atoms with Crippen LogP contribution in [0.5, 0.6) is 0 Å². The molecule has 5 heteroatoms. The minimum atomic E-state index is -0.697. The maximum atomic E-state index is 12.9. The Morgan fingerprint density at radius 1 is 1.23 bits per heavy atom. The van der Waals surface area contributed by atoms with E-state index < -0.39 is 5.54 Å². The maximum absolute atomic E-state index is 12.9. The normalized spacial score (nSPS) is 19.9. The third kappa shape index (κ3) is 3.66. The van der Waals surface area contributed by atoms with Crippen molar-refractivity contribution in [2.75, 3.05) is 13.1 Å². The molecule has 2 heterocycles. The molecule has 31 heavy (non-hydrogen) atoms. The highest BCUT2D eigenvalue weighted by Gasteiger charge is 2.38. The van der Waals surface area contributed by atoms with E-state index in [0.29, 0.717) is 12.0 Å². The number of nitrogens with two attached hydrogens (primary N) is 1. The van der Waals surface area contributed by atoms with Gasteiger partial charge < -0.3 is 10.6 Å². The lowest BCUT2D eigenvalue weighted by Crippen LogP contribution is -2.28. The summed E-state index contributed by atoms with van der Waals surface area (Å²) in [4.78, 5) is 19.6. The number of rotatable bonds is 5. The molecule has 1 unspecified atom stereocenters. The van der Waals surface area contributed by atoms with Crippen molar-refractivity contribution in [2.24, 2.45) is 10.7 Å². The first-order chi connectivity index (χ1) is 15.0. The van der Waals surface area contributed by atoms with Crippen molar-refractivity contribution in [2.45, 2.75) is 31.7 Å². The van der Waals surface area contributed by atoms with E-state index in [1.807, 2.05) is 54.3 Å². The third-order valence-corrected chi connectivity index (χ3v) is 6.17. The fraction of sp³-hybridized carbons (Fsp3) is 0.269. The number of likely N-dealkylation sites (tertiary alicyclic amines) is 1. The molecule has 0 radical (unpaired) electrons. The zero-order valence-corrected chi connectivity index (χ0v) is 17.7. The van der Waals surface area contributed by atoms with Gasteiger partial charge >= 0.3 is 0 Å². The summed E-state index contributed by atoms with van der Waals surface area (Å²) in [6, 6.07) is 13.5. The Hall–Kier alpha value is -3.65. The topological polar surface area (TPSA) is 82.5 Å². The summed E-state index contributed by atoms with van der Waals surface area (Å²) in [5.41, 5.74) is 10.2. The van der Waals surface area contributed by atoms with Crippen LogP contribution in [0, 0.1) is 24.7 Å². The van der Waals surface area contributed by atoms with Crippen molar-refractivity contribution in [1.29, 1.82) is 5.41 Å². The van der Waals surface area contributed by atoms with Gasteiger partial charge in [0.05, 0.1) is 0 Å². The lowest BCUT2D eigenvalue weighted by atomic mass is 9.78. The van der Waals surface area contributed by atoms with E-state index in [1.165, 1.54) is 0 Å². The number of amides is 1. The van der Waals surface area contributed by atoms with Crippen molar-refractivity contribution in [1.82, 2.24) is 4.90 Å². The van der Waals surface area contributed by atoms with Crippen LogP contribution in [0.4, 0.5) is 0 Å². The SMILES string of the molecule is C#CCC1(c2ccc(C(=N)N)cc2)N=CC=C1c1ccc(C(=O)N2CCCC2)c(C)c1. The fourth-order valence-electron chi connectivity index (χ4n) is 4.49. The second kappa shape index (κ2) is 8.23. The molecular weight excluding hydrogens is 384 g/mol. The van der Waals surface area contributed by atoms with E-state index in [2.05, 4.69) is 12.0 Å². The number of amidine groups is 1. The first kappa shape index (κ1) is 20.6. The van der Waals surface area contributed by atoms with Gasteiger partial charge in [-0.15, -0.1) is 12.3 Å². The lowest BCUT2D eigenvalue weighted by molar-refractivity contribution is 0.0792. The Balaban J connectivity index is 1.71. The highest BCUT2D eigenvalue weighted by atomic mass is 16.2. The second-order valence-corrected chi connectivity index (χ2v) is 8.12. The highest BCUT2D eigenvalue weighted by molar-refractivity contribution is 5.98. The van der Waals surface area contributed by atoms with Gasteiger partial charge in [-0.3, -0.25) is 15.2 Å². The van der Waals surface area contributed by atoms with Gasteiger partial charge in [0.25, 0.3) is 5.91 Å². The standard InChI is InChI=1S/C26H26N4O/c1-3-13-26(21-9-6-19(7-10-21)24(27)28)23(12-14-29-26)20-8-11-22(18(2)17-20)25(31)30-15-4-5-16-30/h1,6-12,14,17H,4-5,13,15-16H2,2H3,(H3,27,28). The summed E-state index contributed by atoms with van der Waals surface area (Å²) in [5, 5.41) is 7.63. The second-order valence-electron chi connectivity index (χ2n) is 8.12. The van der Waals surface area contributed by atoms with Crippen LogP contribution < -0.4 is 5.73 Å². The molecule has 1 amide bonds. The molecule has 0 spiro atoms. The Morgan fingerprint density at radius 2 is 1.94 bits per heavy atom. The average molecular weight is 411 g/mol. The summed E-state index contributed by atoms with van der Waals surface area (Å²) < 4.78 is 0. The van der Waals surface area contributed by atoms with Crippen LogP contribution in [0.15, 0.2) is 53.5 Å². The molecule has 1 fully saturated rings. The van der Waals surface area contributed by atoms with Gasteiger partial charge in [0.2, 0.25) is 0 Å². The van der Waals surface area contributed by atoms with Crippen LogP contribution in [-0.2, 0) is 5.54 Å². The van der Waals surface area contributed by atoms with Gasteiger partial charge in [-0.25, -0.2) is 0 Å². The fourth-order valence-corrected chi connectivity index (χ4v) is 4.49. The number of carbonyl (C=O) groups is 1. The zero-order chi connectivity index (χ0) is 22.0. The predicted molar refractivity (Wildman–Crippen MR) is 125 cm³/mol. The summed E-state index contributed by atoms with van der Waals surface area (Å²) in [7, 11) is 0. The van der Waals surface area contributed by atoms with Crippen molar-refractivity contribution >= 4 is 23.5 Å². The maximum Gasteiger partial charge on any atom is 0.254 e. The highest BCUT2D eigenvalue weighted by Crippen LogP contribution is 2.45. The smallest absolute Gasteiger partial charge is 0.254 e. The molecule has 4 rings (SSSR count). The molecule has 1 atom stereocenters. The summed E-state index contributed by atoms with van der Waals surface area (Å²) >= 11 is 0. The number of benzene rings is 2. The van der Waals surface area contributed by atoms with Crippen LogP contribution in [0.3, 0.4) is 0 Å². The average Bonchev–Trinajstić information content (AvgIpc) is 3.44. The first-order valence-electron chi connectivity index (χ1n) is 10.5. The molecule has 2 aliphatic rings. The van der Waals surface area contributed by atoms with Crippen LogP contribution in [0.1, 0.15) is 51.9 Å². The number of allylic oxidation sites excluding steroid dienone is 1. The van der Waals surface area contributed by atoms with E-state index in [0.717, 1.165) is 53.8 Å². The van der Waals surface area contributed by atoms with Crippen molar-refractivity contribution in [3.8, 4) is 12.3 Å². The van der Waals surface area contributed by atoms with Crippen molar-refractivity contribution in [3.05, 3.63) is 76.4 Å². The number of aryl methyl sites for hydroxylation is 1. The monoisotopic (exact) mass is 410 g/mol. The molecule has 5 nitrogen and oxygen atoms in total. The molecule has 0 bridgehead atoms. The van der Waals surface area contributed by atoms with E-state index in [9.17, 15) is 4.79 Å². The quantitative estimate of drug-likeness (QED) is 0.445. The molecule has 0 saturated carbocycles. The number of terminal acetylenes is 1. The van der Waals surface area contributed by atoms with Crippen molar-refractivity contribution < 1.29 is 4.79 Å².